The van der Waals surface area contributed by atoms with E-state index in [4.69, 9.17) is 4.74 Å². The lowest BCUT2D eigenvalue weighted by molar-refractivity contribution is 0.0611. The number of rotatable bonds is 5. The second kappa shape index (κ2) is 6.55. The Morgan fingerprint density at radius 3 is 2.63 bits per heavy atom. The highest BCUT2D eigenvalue weighted by Gasteiger charge is 2.38. The SMILES string of the molecule is COCC(CNC(C)(C)C)N1CCC2CCCCC21. The van der Waals surface area contributed by atoms with Crippen molar-refractivity contribution in [2.45, 2.75) is 70.5 Å². The molecule has 0 aromatic rings. The lowest BCUT2D eigenvalue weighted by Crippen LogP contribution is -2.52. The summed E-state index contributed by atoms with van der Waals surface area (Å²) in [5.41, 5.74) is 0.192. The summed E-state index contributed by atoms with van der Waals surface area (Å²) in [4.78, 5) is 2.74. The number of fused-ring (bicyclic) bond motifs is 1. The molecule has 112 valence electrons. The molecule has 19 heavy (non-hydrogen) atoms. The van der Waals surface area contributed by atoms with E-state index in [0.717, 1.165) is 25.1 Å². The first kappa shape index (κ1) is 15.3. The molecule has 0 bridgehead atoms. The number of nitrogens with zero attached hydrogens (tertiary/aromatic N) is 1. The maximum absolute atomic E-state index is 5.48. The van der Waals surface area contributed by atoms with Gasteiger partial charge in [0.05, 0.1) is 6.61 Å². The van der Waals surface area contributed by atoms with Crippen LogP contribution in [0.3, 0.4) is 0 Å². The maximum atomic E-state index is 5.48. The minimum Gasteiger partial charge on any atom is -0.383 e. The van der Waals surface area contributed by atoms with Crippen LogP contribution in [0, 0.1) is 5.92 Å². The van der Waals surface area contributed by atoms with Crippen LogP contribution in [0.5, 0.6) is 0 Å². The Kier molecular flexibility index (Phi) is 5.27. The van der Waals surface area contributed by atoms with Crippen LogP contribution < -0.4 is 5.32 Å². The van der Waals surface area contributed by atoms with Crippen molar-refractivity contribution in [1.82, 2.24) is 10.2 Å². The van der Waals surface area contributed by atoms with Gasteiger partial charge in [-0.15, -0.1) is 0 Å². The molecule has 2 fully saturated rings. The van der Waals surface area contributed by atoms with Crippen LogP contribution in [0.1, 0.15) is 52.9 Å². The molecule has 0 radical (unpaired) electrons. The Labute approximate surface area is 119 Å². The maximum Gasteiger partial charge on any atom is 0.0630 e. The average molecular weight is 268 g/mol. The van der Waals surface area contributed by atoms with Crippen molar-refractivity contribution in [1.29, 1.82) is 0 Å². The van der Waals surface area contributed by atoms with Crippen molar-refractivity contribution < 1.29 is 4.74 Å². The molecule has 2 aliphatic rings. The molecule has 3 nitrogen and oxygen atoms in total. The molecule has 0 spiro atoms. The first-order chi connectivity index (χ1) is 9.01. The minimum absolute atomic E-state index is 0.192. The number of likely N-dealkylation sites (tertiary alicyclic amines) is 1. The molecule has 0 amide bonds. The highest BCUT2D eigenvalue weighted by molar-refractivity contribution is 4.94. The molecule has 0 aromatic heterocycles. The first-order valence-electron chi connectivity index (χ1n) is 8.01. The van der Waals surface area contributed by atoms with Gasteiger partial charge < -0.3 is 10.1 Å². The monoisotopic (exact) mass is 268 g/mol. The normalized spacial score (nSPS) is 30.3. The van der Waals surface area contributed by atoms with Gasteiger partial charge in [0.25, 0.3) is 0 Å². The van der Waals surface area contributed by atoms with Gasteiger partial charge in [-0.2, -0.15) is 0 Å². The van der Waals surface area contributed by atoms with E-state index in [1.54, 1.807) is 0 Å². The van der Waals surface area contributed by atoms with Gasteiger partial charge in [0, 0.05) is 31.3 Å². The second-order valence-electron chi connectivity index (χ2n) is 7.38. The fourth-order valence-corrected chi connectivity index (χ4v) is 3.78. The molecule has 1 saturated carbocycles. The Morgan fingerprint density at radius 2 is 1.95 bits per heavy atom. The smallest absolute Gasteiger partial charge is 0.0630 e. The summed E-state index contributed by atoms with van der Waals surface area (Å²) >= 11 is 0. The predicted molar refractivity (Wildman–Crippen MR) is 80.5 cm³/mol. The predicted octanol–water partition coefficient (Wildman–Crippen LogP) is 2.65. The third kappa shape index (κ3) is 4.17. The zero-order valence-corrected chi connectivity index (χ0v) is 13.2. The number of hydrogen-bond donors (Lipinski definition) is 1. The number of ether oxygens (including phenoxy) is 1. The lowest BCUT2D eigenvalue weighted by atomic mass is 9.85. The molecule has 0 aromatic carbocycles. The Bertz CT molecular complexity index is 274. The van der Waals surface area contributed by atoms with Gasteiger partial charge in [0.1, 0.15) is 0 Å². The van der Waals surface area contributed by atoms with Crippen molar-refractivity contribution in [2.24, 2.45) is 5.92 Å². The van der Waals surface area contributed by atoms with Crippen molar-refractivity contribution >= 4 is 0 Å². The topological polar surface area (TPSA) is 24.5 Å². The fourth-order valence-electron chi connectivity index (χ4n) is 3.78. The molecule has 3 atom stereocenters. The summed E-state index contributed by atoms with van der Waals surface area (Å²) < 4.78 is 5.48. The molecule has 2 rings (SSSR count). The minimum atomic E-state index is 0.192. The van der Waals surface area contributed by atoms with E-state index in [2.05, 4.69) is 31.0 Å². The van der Waals surface area contributed by atoms with Crippen LogP contribution in [0.4, 0.5) is 0 Å². The van der Waals surface area contributed by atoms with Crippen LogP contribution in [0.25, 0.3) is 0 Å². The zero-order chi connectivity index (χ0) is 13.9. The highest BCUT2D eigenvalue weighted by Crippen LogP contribution is 2.37. The Hall–Kier alpha value is -0.120. The number of nitrogens with one attached hydrogen (secondary N) is 1. The van der Waals surface area contributed by atoms with Gasteiger partial charge in [-0.1, -0.05) is 12.8 Å². The van der Waals surface area contributed by atoms with Crippen molar-refractivity contribution in [3.05, 3.63) is 0 Å². The van der Waals surface area contributed by atoms with Crippen LogP contribution in [-0.2, 0) is 4.74 Å². The molecule has 1 N–H and O–H groups in total. The molecule has 3 unspecified atom stereocenters. The molecule has 1 aliphatic carbocycles. The van der Waals surface area contributed by atoms with Gasteiger partial charge in [-0.3, -0.25) is 4.90 Å². The summed E-state index contributed by atoms with van der Waals surface area (Å²) in [6.45, 7) is 9.89. The fraction of sp³-hybridized carbons (Fsp3) is 1.00. The summed E-state index contributed by atoms with van der Waals surface area (Å²) in [5.74, 6) is 0.961. The van der Waals surface area contributed by atoms with Gasteiger partial charge >= 0.3 is 0 Å². The average Bonchev–Trinajstić information content (AvgIpc) is 2.77. The van der Waals surface area contributed by atoms with Crippen LogP contribution in [0.15, 0.2) is 0 Å². The van der Waals surface area contributed by atoms with Crippen LogP contribution in [-0.4, -0.2) is 49.3 Å². The van der Waals surface area contributed by atoms with E-state index >= 15 is 0 Å². The quantitative estimate of drug-likeness (QED) is 0.829. The summed E-state index contributed by atoms with van der Waals surface area (Å²) in [6, 6.07) is 1.37. The lowest BCUT2D eigenvalue weighted by Gasteiger charge is -2.38. The van der Waals surface area contributed by atoms with Gasteiger partial charge in [0.15, 0.2) is 0 Å². The van der Waals surface area contributed by atoms with Crippen molar-refractivity contribution in [2.75, 3.05) is 26.8 Å². The number of hydrogen-bond acceptors (Lipinski definition) is 3. The largest absolute Gasteiger partial charge is 0.383 e. The van der Waals surface area contributed by atoms with Crippen molar-refractivity contribution in [3.8, 4) is 0 Å². The molecule has 1 aliphatic heterocycles. The highest BCUT2D eigenvalue weighted by atomic mass is 16.5. The molecular formula is C16H32N2O. The van der Waals surface area contributed by atoms with Crippen LogP contribution >= 0.6 is 0 Å². The molecular weight excluding hydrogens is 236 g/mol. The third-order valence-corrected chi connectivity index (χ3v) is 4.75. The standard InChI is InChI=1S/C16H32N2O/c1-16(2,3)17-11-14(12-19-4)18-10-9-13-7-5-6-8-15(13)18/h13-15,17H,5-12H2,1-4H3. The summed E-state index contributed by atoms with van der Waals surface area (Å²) in [5, 5.41) is 3.66. The number of methoxy groups -OCH3 is 1. The molecule has 1 saturated heterocycles. The molecule has 3 heteroatoms. The van der Waals surface area contributed by atoms with Gasteiger partial charge in [0.2, 0.25) is 0 Å². The van der Waals surface area contributed by atoms with E-state index in [1.165, 1.54) is 38.6 Å². The van der Waals surface area contributed by atoms with E-state index in [9.17, 15) is 0 Å². The Balaban J connectivity index is 1.94. The van der Waals surface area contributed by atoms with Gasteiger partial charge in [-0.05, 0) is 52.5 Å². The zero-order valence-electron chi connectivity index (χ0n) is 13.2. The Morgan fingerprint density at radius 1 is 1.21 bits per heavy atom. The van der Waals surface area contributed by atoms with E-state index in [-0.39, 0.29) is 5.54 Å². The third-order valence-electron chi connectivity index (χ3n) is 4.75. The van der Waals surface area contributed by atoms with E-state index in [0.29, 0.717) is 6.04 Å². The van der Waals surface area contributed by atoms with Crippen LogP contribution in [0.2, 0.25) is 0 Å². The summed E-state index contributed by atoms with van der Waals surface area (Å²) in [6.07, 6.45) is 7.13. The van der Waals surface area contributed by atoms with E-state index in [1.807, 2.05) is 7.11 Å². The first-order valence-corrected chi connectivity index (χ1v) is 8.01. The van der Waals surface area contributed by atoms with E-state index < -0.39 is 0 Å². The molecule has 1 heterocycles. The second-order valence-corrected chi connectivity index (χ2v) is 7.38. The van der Waals surface area contributed by atoms with Gasteiger partial charge in [-0.25, -0.2) is 0 Å². The van der Waals surface area contributed by atoms with Crippen molar-refractivity contribution in [3.63, 3.8) is 0 Å². The summed E-state index contributed by atoms with van der Waals surface area (Å²) in [7, 11) is 1.83.